The molecule has 0 aliphatic heterocycles. The lowest BCUT2D eigenvalue weighted by molar-refractivity contribution is 0.260. The van der Waals surface area contributed by atoms with Gasteiger partial charge in [-0.25, -0.2) is 0 Å². The Labute approximate surface area is 116 Å². The van der Waals surface area contributed by atoms with Crippen LogP contribution in [0.25, 0.3) is 0 Å². The predicted octanol–water partition coefficient (Wildman–Crippen LogP) is 4.36. The van der Waals surface area contributed by atoms with Gasteiger partial charge in [-0.05, 0) is 49.4 Å². The van der Waals surface area contributed by atoms with E-state index in [1.54, 1.807) is 0 Å². The number of hydrogen-bond donors (Lipinski definition) is 1. The smallest absolute Gasteiger partial charge is 0.0441 e. The molecule has 1 saturated carbocycles. The van der Waals surface area contributed by atoms with Crippen LogP contribution in [0.4, 0.5) is 0 Å². The van der Waals surface area contributed by atoms with E-state index in [1.807, 2.05) is 0 Å². The van der Waals surface area contributed by atoms with Crippen LogP contribution in [-0.2, 0) is 6.42 Å². The quantitative estimate of drug-likeness (QED) is 0.806. The predicted molar refractivity (Wildman–Crippen MR) is 79.3 cm³/mol. The number of nitrogens with one attached hydrogen (secondary N) is 1. The number of likely N-dealkylation sites (N-methyl/N-ethyl adjacent to an activating group) is 1. The van der Waals surface area contributed by atoms with Crippen LogP contribution in [0.5, 0.6) is 0 Å². The number of hydrogen-bond acceptors (Lipinski definition) is 1. The largest absolute Gasteiger partial charge is 0.314 e. The zero-order valence-electron chi connectivity index (χ0n) is 11.5. The summed E-state index contributed by atoms with van der Waals surface area (Å²) in [4.78, 5) is 0. The molecule has 0 heterocycles. The Balaban J connectivity index is 1.97. The second-order valence-electron chi connectivity index (χ2n) is 5.59. The Bertz CT molecular complexity index is 385. The fraction of sp³-hybridized carbons (Fsp3) is 0.625. The van der Waals surface area contributed by atoms with Crippen LogP contribution in [-0.4, -0.2) is 12.6 Å². The summed E-state index contributed by atoms with van der Waals surface area (Å²) in [6, 6.07) is 7.00. The Kier molecular flexibility index (Phi) is 5.08. The molecule has 1 aromatic carbocycles. The maximum absolute atomic E-state index is 6.33. The Hall–Kier alpha value is -0.530. The van der Waals surface area contributed by atoms with Crippen molar-refractivity contribution in [2.24, 2.45) is 5.92 Å². The van der Waals surface area contributed by atoms with Gasteiger partial charge in [0.25, 0.3) is 0 Å². The molecule has 1 atom stereocenters. The van der Waals surface area contributed by atoms with Crippen molar-refractivity contribution in [3.63, 3.8) is 0 Å². The zero-order chi connectivity index (χ0) is 13.0. The van der Waals surface area contributed by atoms with Gasteiger partial charge in [-0.1, -0.05) is 49.9 Å². The van der Waals surface area contributed by atoms with Crippen molar-refractivity contribution in [2.45, 2.75) is 52.0 Å². The first-order chi connectivity index (χ1) is 8.69. The van der Waals surface area contributed by atoms with Crippen molar-refractivity contribution in [3.05, 3.63) is 34.3 Å². The van der Waals surface area contributed by atoms with Gasteiger partial charge in [0, 0.05) is 11.1 Å². The van der Waals surface area contributed by atoms with E-state index in [9.17, 15) is 0 Å². The maximum Gasteiger partial charge on any atom is 0.0441 e. The summed E-state index contributed by atoms with van der Waals surface area (Å²) >= 11 is 6.33. The number of halogens is 1. The van der Waals surface area contributed by atoms with Crippen LogP contribution in [0, 0.1) is 12.8 Å². The molecular formula is C16H24ClN. The minimum atomic E-state index is 0.584. The molecule has 1 N–H and O–H groups in total. The van der Waals surface area contributed by atoms with Crippen LogP contribution in [0.15, 0.2) is 18.2 Å². The van der Waals surface area contributed by atoms with Gasteiger partial charge in [-0.3, -0.25) is 0 Å². The second-order valence-corrected chi connectivity index (χ2v) is 5.99. The molecular weight excluding hydrogens is 242 g/mol. The fourth-order valence-corrected chi connectivity index (χ4v) is 3.05. The van der Waals surface area contributed by atoms with Gasteiger partial charge in [-0.15, -0.1) is 0 Å². The van der Waals surface area contributed by atoms with Crippen molar-refractivity contribution in [1.82, 2.24) is 5.32 Å². The van der Waals surface area contributed by atoms with Crippen molar-refractivity contribution in [2.75, 3.05) is 6.54 Å². The summed E-state index contributed by atoms with van der Waals surface area (Å²) in [5.41, 5.74) is 2.52. The van der Waals surface area contributed by atoms with Gasteiger partial charge in [0.15, 0.2) is 0 Å². The monoisotopic (exact) mass is 265 g/mol. The van der Waals surface area contributed by atoms with Crippen LogP contribution >= 0.6 is 11.6 Å². The summed E-state index contributed by atoms with van der Waals surface area (Å²) in [7, 11) is 0. The van der Waals surface area contributed by atoms with Crippen LogP contribution in [0.2, 0.25) is 5.02 Å². The molecule has 0 aromatic heterocycles. The van der Waals surface area contributed by atoms with Gasteiger partial charge < -0.3 is 5.32 Å². The third-order valence-corrected chi connectivity index (χ3v) is 4.36. The average molecular weight is 266 g/mol. The van der Waals surface area contributed by atoms with Crippen molar-refractivity contribution >= 4 is 11.6 Å². The maximum atomic E-state index is 6.33. The van der Waals surface area contributed by atoms with Crippen LogP contribution in [0.3, 0.4) is 0 Å². The van der Waals surface area contributed by atoms with Gasteiger partial charge in [0.1, 0.15) is 0 Å². The SMILES string of the molecule is CCNC(Cc1ccc(C)cc1Cl)CC1CCC1. The van der Waals surface area contributed by atoms with E-state index in [0.29, 0.717) is 6.04 Å². The Morgan fingerprint density at radius 2 is 2.17 bits per heavy atom. The van der Waals surface area contributed by atoms with E-state index in [-0.39, 0.29) is 0 Å². The van der Waals surface area contributed by atoms with E-state index in [2.05, 4.69) is 37.4 Å². The molecule has 1 aliphatic carbocycles. The summed E-state index contributed by atoms with van der Waals surface area (Å²) in [6.07, 6.45) is 6.63. The van der Waals surface area contributed by atoms with Gasteiger partial charge in [0.2, 0.25) is 0 Å². The molecule has 0 saturated heterocycles. The lowest BCUT2D eigenvalue weighted by Crippen LogP contribution is -2.34. The molecule has 1 unspecified atom stereocenters. The molecule has 0 bridgehead atoms. The topological polar surface area (TPSA) is 12.0 Å². The fourth-order valence-electron chi connectivity index (χ4n) is 2.74. The molecule has 1 nitrogen and oxygen atoms in total. The standard InChI is InChI=1S/C16H24ClN/c1-3-18-15(10-13-5-4-6-13)11-14-8-7-12(2)9-16(14)17/h7-9,13,15,18H,3-6,10-11H2,1-2H3. The summed E-state index contributed by atoms with van der Waals surface area (Å²) in [5, 5.41) is 4.54. The van der Waals surface area contributed by atoms with Crippen molar-refractivity contribution in [1.29, 1.82) is 0 Å². The van der Waals surface area contributed by atoms with Crippen LogP contribution < -0.4 is 5.32 Å². The molecule has 1 aromatic rings. The number of benzene rings is 1. The first-order valence-electron chi connectivity index (χ1n) is 7.17. The minimum absolute atomic E-state index is 0.584. The first kappa shape index (κ1) is 13.9. The minimum Gasteiger partial charge on any atom is -0.314 e. The molecule has 0 spiro atoms. The Morgan fingerprint density at radius 3 is 2.72 bits per heavy atom. The van der Waals surface area contributed by atoms with E-state index in [1.165, 1.54) is 36.8 Å². The third-order valence-electron chi connectivity index (χ3n) is 4.01. The van der Waals surface area contributed by atoms with E-state index in [0.717, 1.165) is 23.9 Å². The van der Waals surface area contributed by atoms with Crippen molar-refractivity contribution < 1.29 is 0 Å². The normalized spacial score (nSPS) is 17.5. The van der Waals surface area contributed by atoms with E-state index >= 15 is 0 Å². The lowest BCUT2D eigenvalue weighted by Gasteiger charge is -2.30. The highest BCUT2D eigenvalue weighted by molar-refractivity contribution is 6.31. The molecule has 1 aliphatic rings. The van der Waals surface area contributed by atoms with E-state index in [4.69, 9.17) is 11.6 Å². The average Bonchev–Trinajstić information content (AvgIpc) is 2.27. The zero-order valence-corrected chi connectivity index (χ0v) is 12.3. The third kappa shape index (κ3) is 3.73. The van der Waals surface area contributed by atoms with E-state index < -0.39 is 0 Å². The molecule has 2 rings (SSSR count). The van der Waals surface area contributed by atoms with Crippen LogP contribution in [0.1, 0.15) is 43.7 Å². The summed E-state index contributed by atoms with van der Waals surface area (Å²) in [5.74, 6) is 0.943. The highest BCUT2D eigenvalue weighted by Gasteiger charge is 2.22. The highest BCUT2D eigenvalue weighted by atomic mass is 35.5. The molecule has 100 valence electrons. The number of aryl methyl sites for hydroxylation is 1. The van der Waals surface area contributed by atoms with Gasteiger partial charge in [-0.2, -0.15) is 0 Å². The van der Waals surface area contributed by atoms with Gasteiger partial charge >= 0.3 is 0 Å². The lowest BCUT2D eigenvalue weighted by atomic mass is 9.80. The first-order valence-corrected chi connectivity index (χ1v) is 7.55. The molecule has 2 heteroatoms. The molecule has 0 amide bonds. The van der Waals surface area contributed by atoms with Gasteiger partial charge in [0.05, 0.1) is 0 Å². The molecule has 1 fully saturated rings. The Morgan fingerprint density at radius 1 is 1.39 bits per heavy atom. The summed E-state index contributed by atoms with van der Waals surface area (Å²) in [6.45, 7) is 5.32. The highest BCUT2D eigenvalue weighted by Crippen LogP contribution is 2.31. The molecule has 18 heavy (non-hydrogen) atoms. The number of rotatable bonds is 6. The molecule has 0 radical (unpaired) electrons. The second kappa shape index (κ2) is 6.58. The summed E-state index contributed by atoms with van der Waals surface area (Å²) < 4.78 is 0. The van der Waals surface area contributed by atoms with Crippen molar-refractivity contribution in [3.8, 4) is 0 Å².